The SMILES string of the molecule is C#CCCNC1CCCc2cc(OC)ccc21. The standard InChI is InChI=1S/C15H19NO/c1-3-4-10-16-15-7-5-6-12-11-13(17-2)8-9-14(12)15/h1,8-9,11,15-16H,4-7,10H2,2H3. The number of benzene rings is 1. The molecule has 1 atom stereocenters. The molecule has 0 radical (unpaired) electrons. The Hall–Kier alpha value is -1.46. The summed E-state index contributed by atoms with van der Waals surface area (Å²) >= 11 is 0. The molecule has 0 spiro atoms. The second-order valence-corrected chi connectivity index (χ2v) is 4.42. The normalized spacial score (nSPS) is 18.2. The second-order valence-electron chi connectivity index (χ2n) is 4.42. The van der Waals surface area contributed by atoms with Gasteiger partial charge in [0, 0.05) is 19.0 Å². The lowest BCUT2D eigenvalue weighted by Crippen LogP contribution is -2.25. The van der Waals surface area contributed by atoms with Crippen molar-refractivity contribution in [3.05, 3.63) is 29.3 Å². The van der Waals surface area contributed by atoms with Gasteiger partial charge in [-0.2, -0.15) is 0 Å². The minimum Gasteiger partial charge on any atom is -0.497 e. The molecular formula is C15H19NO. The molecule has 0 heterocycles. The fraction of sp³-hybridized carbons (Fsp3) is 0.467. The summed E-state index contributed by atoms with van der Waals surface area (Å²) in [4.78, 5) is 0. The van der Waals surface area contributed by atoms with E-state index < -0.39 is 0 Å². The van der Waals surface area contributed by atoms with Crippen molar-refractivity contribution in [3.63, 3.8) is 0 Å². The summed E-state index contributed by atoms with van der Waals surface area (Å²) in [7, 11) is 1.72. The molecule has 90 valence electrons. The largest absolute Gasteiger partial charge is 0.497 e. The molecule has 0 saturated carbocycles. The van der Waals surface area contributed by atoms with Gasteiger partial charge >= 0.3 is 0 Å². The molecule has 0 saturated heterocycles. The van der Waals surface area contributed by atoms with Gasteiger partial charge < -0.3 is 10.1 Å². The highest BCUT2D eigenvalue weighted by atomic mass is 16.5. The number of fused-ring (bicyclic) bond motifs is 1. The van der Waals surface area contributed by atoms with Gasteiger partial charge in [0.2, 0.25) is 0 Å². The summed E-state index contributed by atoms with van der Waals surface area (Å²) in [6, 6.07) is 6.84. The maximum absolute atomic E-state index is 5.27. The van der Waals surface area contributed by atoms with Crippen LogP contribution in [-0.4, -0.2) is 13.7 Å². The van der Waals surface area contributed by atoms with Crippen LogP contribution < -0.4 is 10.1 Å². The molecule has 1 unspecified atom stereocenters. The monoisotopic (exact) mass is 229 g/mol. The van der Waals surface area contributed by atoms with E-state index in [9.17, 15) is 0 Å². The zero-order chi connectivity index (χ0) is 12.1. The van der Waals surface area contributed by atoms with Gasteiger partial charge in [-0.1, -0.05) is 6.07 Å². The second kappa shape index (κ2) is 5.75. The van der Waals surface area contributed by atoms with Crippen molar-refractivity contribution >= 4 is 0 Å². The summed E-state index contributed by atoms with van der Waals surface area (Å²) in [5, 5.41) is 3.53. The van der Waals surface area contributed by atoms with Gasteiger partial charge in [0.25, 0.3) is 0 Å². The van der Waals surface area contributed by atoms with Gasteiger partial charge in [-0.25, -0.2) is 0 Å². The smallest absolute Gasteiger partial charge is 0.119 e. The predicted molar refractivity (Wildman–Crippen MR) is 70.1 cm³/mol. The van der Waals surface area contributed by atoms with Crippen molar-refractivity contribution in [2.45, 2.75) is 31.7 Å². The van der Waals surface area contributed by atoms with Gasteiger partial charge in [0.15, 0.2) is 0 Å². The van der Waals surface area contributed by atoms with Crippen molar-refractivity contribution < 1.29 is 4.74 Å². The van der Waals surface area contributed by atoms with E-state index in [1.54, 1.807) is 7.11 Å². The molecule has 1 aliphatic rings. The van der Waals surface area contributed by atoms with Crippen molar-refractivity contribution in [1.29, 1.82) is 0 Å². The molecule has 0 amide bonds. The highest BCUT2D eigenvalue weighted by Gasteiger charge is 2.19. The molecular weight excluding hydrogens is 210 g/mol. The van der Waals surface area contributed by atoms with Crippen LogP contribution in [0.4, 0.5) is 0 Å². The quantitative estimate of drug-likeness (QED) is 0.633. The van der Waals surface area contributed by atoms with E-state index >= 15 is 0 Å². The first kappa shape index (κ1) is 12.0. The molecule has 1 aromatic rings. The highest BCUT2D eigenvalue weighted by molar-refractivity contribution is 5.39. The van der Waals surface area contributed by atoms with Gasteiger partial charge in [0.05, 0.1) is 7.11 Å². The fourth-order valence-electron chi connectivity index (χ4n) is 2.45. The number of terminal acetylenes is 1. The number of hydrogen-bond donors (Lipinski definition) is 1. The molecule has 2 nitrogen and oxygen atoms in total. The third-order valence-electron chi connectivity index (χ3n) is 3.32. The number of methoxy groups -OCH3 is 1. The van der Waals surface area contributed by atoms with Crippen LogP contribution in [0.25, 0.3) is 0 Å². The Kier molecular flexibility index (Phi) is 4.06. The van der Waals surface area contributed by atoms with Crippen LogP contribution in [-0.2, 0) is 6.42 Å². The van der Waals surface area contributed by atoms with Crippen molar-refractivity contribution in [2.24, 2.45) is 0 Å². The molecule has 0 aromatic heterocycles. The Morgan fingerprint density at radius 1 is 1.53 bits per heavy atom. The molecule has 1 N–H and O–H groups in total. The number of ether oxygens (including phenoxy) is 1. The third-order valence-corrected chi connectivity index (χ3v) is 3.32. The van der Waals surface area contributed by atoms with Crippen LogP contribution in [0.1, 0.15) is 36.4 Å². The molecule has 0 bridgehead atoms. The average molecular weight is 229 g/mol. The summed E-state index contributed by atoms with van der Waals surface area (Å²) < 4.78 is 5.27. The lowest BCUT2D eigenvalue weighted by atomic mass is 9.87. The first-order valence-corrected chi connectivity index (χ1v) is 6.19. The predicted octanol–water partition coefficient (Wildman–Crippen LogP) is 2.69. The van der Waals surface area contributed by atoms with Crippen molar-refractivity contribution in [1.82, 2.24) is 5.32 Å². The maximum Gasteiger partial charge on any atom is 0.119 e. The first-order chi connectivity index (χ1) is 8.35. The number of nitrogens with one attached hydrogen (secondary N) is 1. The molecule has 2 rings (SSSR count). The van der Waals surface area contributed by atoms with Crippen LogP contribution >= 0.6 is 0 Å². The van der Waals surface area contributed by atoms with E-state index in [1.807, 2.05) is 6.07 Å². The highest BCUT2D eigenvalue weighted by Crippen LogP contribution is 2.31. The third kappa shape index (κ3) is 2.81. The Balaban J connectivity index is 2.11. The molecule has 1 aliphatic carbocycles. The Labute approximate surface area is 103 Å². The number of rotatable bonds is 4. The summed E-state index contributed by atoms with van der Waals surface area (Å²) in [5.74, 6) is 3.62. The number of hydrogen-bond acceptors (Lipinski definition) is 2. The summed E-state index contributed by atoms with van der Waals surface area (Å²) in [6.45, 7) is 0.895. The average Bonchev–Trinajstić information content (AvgIpc) is 2.38. The molecule has 0 aliphatic heterocycles. The van der Waals surface area contributed by atoms with E-state index in [2.05, 4.69) is 23.4 Å². The Bertz CT molecular complexity index is 419. The molecule has 17 heavy (non-hydrogen) atoms. The van der Waals surface area contributed by atoms with Crippen LogP contribution in [0, 0.1) is 12.3 Å². The van der Waals surface area contributed by atoms with Crippen molar-refractivity contribution in [3.8, 4) is 18.1 Å². The van der Waals surface area contributed by atoms with E-state index in [0.29, 0.717) is 6.04 Å². The van der Waals surface area contributed by atoms with E-state index in [0.717, 1.165) is 25.1 Å². The van der Waals surface area contributed by atoms with E-state index in [-0.39, 0.29) is 0 Å². The zero-order valence-corrected chi connectivity index (χ0v) is 10.3. The van der Waals surface area contributed by atoms with Gasteiger partial charge in [0.1, 0.15) is 5.75 Å². The minimum atomic E-state index is 0.456. The van der Waals surface area contributed by atoms with E-state index in [1.165, 1.54) is 24.0 Å². The fourth-order valence-corrected chi connectivity index (χ4v) is 2.45. The molecule has 2 heteroatoms. The topological polar surface area (TPSA) is 21.3 Å². The van der Waals surface area contributed by atoms with Gasteiger partial charge in [-0.15, -0.1) is 12.3 Å². The zero-order valence-electron chi connectivity index (χ0n) is 10.3. The Morgan fingerprint density at radius 3 is 3.18 bits per heavy atom. The maximum atomic E-state index is 5.27. The van der Waals surface area contributed by atoms with Gasteiger partial charge in [-0.3, -0.25) is 0 Å². The number of aryl methyl sites for hydroxylation is 1. The molecule has 1 aromatic carbocycles. The lowest BCUT2D eigenvalue weighted by molar-refractivity contribution is 0.411. The van der Waals surface area contributed by atoms with E-state index in [4.69, 9.17) is 11.2 Å². The van der Waals surface area contributed by atoms with Crippen LogP contribution in [0.3, 0.4) is 0 Å². The summed E-state index contributed by atoms with van der Waals surface area (Å²) in [6.07, 6.45) is 9.64. The Morgan fingerprint density at radius 2 is 2.41 bits per heavy atom. The van der Waals surface area contributed by atoms with Crippen molar-refractivity contribution in [2.75, 3.05) is 13.7 Å². The van der Waals surface area contributed by atoms with Crippen LogP contribution in [0.2, 0.25) is 0 Å². The minimum absolute atomic E-state index is 0.456. The van der Waals surface area contributed by atoms with Gasteiger partial charge in [-0.05, 0) is 42.5 Å². The summed E-state index contributed by atoms with van der Waals surface area (Å²) in [5.41, 5.74) is 2.82. The molecule has 0 fully saturated rings. The lowest BCUT2D eigenvalue weighted by Gasteiger charge is -2.26. The van der Waals surface area contributed by atoms with Crippen LogP contribution in [0.5, 0.6) is 5.75 Å². The van der Waals surface area contributed by atoms with Crippen LogP contribution in [0.15, 0.2) is 18.2 Å². The first-order valence-electron chi connectivity index (χ1n) is 6.19.